The maximum atomic E-state index is 14.7. The third-order valence-electron chi connectivity index (χ3n) is 5.59. The average molecular weight is 413 g/mol. The molecule has 1 fully saturated rings. The highest BCUT2D eigenvalue weighted by molar-refractivity contribution is 5.85. The lowest BCUT2D eigenvalue weighted by Gasteiger charge is -2.39. The molecule has 1 saturated carbocycles. The van der Waals surface area contributed by atoms with Gasteiger partial charge in [-0.1, -0.05) is 18.2 Å². The third kappa shape index (κ3) is 4.20. The number of benzene rings is 1. The summed E-state index contributed by atoms with van der Waals surface area (Å²) in [5.41, 5.74) is 0.981. The Hall–Kier alpha value is -2.83. The van der Waals surface area contributed by atoms with E-state index in [-0.39, 0.29) is 35.9 Å². The van der Waals surface area contributed by atoms with Crippen molar-refractivity contribution in [3.05, 3.63) is 59.7 Å². The Balaban J connectivity index is 1.60. The number of amides is 3. The van der Waals surface area contributed by atoms with Crippen LogP contribution in [0.15, 0.2) is 42.6 Å². The number of carbonyl (C=O) groups is 2. The summed E-state index contributed by atoms with van der Waals surface area (Å²) < 4.78 is 16.8. The molecular weight excluding hydrogens is 383 g/mol. The van der Waals surface area contributed by atoms with Crippen molar-refractivity contribution >= 4 is 11.9 Å². The van der Waals surface area contributed by atoms with E-state index in [2.05, 4.69) is 9.88 Å². The van der Waals surface area contributed by atoms with E-state index >= 15 is 0 Å². The van der Waals surface area contributed by atoms with Gasteiger partial charge in [0.1, 0.15) is 18.4 Å². The zero-order valence-corrected chi connectivity index (χ0v) is 17.8. The molecule has 0 radical (unpaired) electrons. The third-order valence-corrected chi connectivity index (χ3v) is 5.59. The molecule has 1 aliphatic carbocycles. The van der Waals surface area contributed by atoms with E-state index in [0.29, 0.717) is 18.7 Å². The average Bonchev–Trinajstić information content (AvgIpc) is 3.40. The first kappa shape index (κ1) is 20.4. The first-order valence-electron chi connectivity index (χ1n) is 10.5. The topological polar surface area (TPSA) is 57.6 Å². The highest BCUT2D eigenvalue weighted by Gasteiger charge is 2.39. The van der Waals surface area contributed by atoms with Gasteiger partial charge in [-0.25, -0.2) is 9.18 Å². The normalized spacial score (nSPS) is 18.7. The number of fused-ring (bicyclic) bond motifs is 1. The summed E-state index contributed by atoms with van der Waals surface area (Å²) in [6, 6.07) is 9.81. The van der Waals surface area contributed by atoms with Gasteiger partial charge in [0.2, 0.25) is 5.91 Å². The molecule has 4 rings (SSSR count). The van der Waals surface area contributed by atoms with Crippen molar-refractivity contribution in [3.63, 3.8) is 0 Å². The van der Waals surface area contributed by atoms with Gasteiger partial charge < -0.3 is 19.7 Å². The second kappa shape index (κ2) is 7.78. The summed E-state index contributed by atoms with van der Waals surface area (Å²) in [4.78, 5) is 29.6. The SMILES string of the molecule is CC(C)(C)NC(=O)N(CC(=O)N1CCn2cccc2[C@H]1c1ccccc1F)C1CC1. The maximum absolute atomic E-state index is 14.7. The van der Waals surface area contributed by atoms with Crippen LogP contribution in [-0.2, 0) is 11.3 Å². The Bertz CT molecular complexity index is 945. The molecule has 1 aromatic heterocycles. The van der Waals surface area contributed by atoms with E-state index in [1.807, 2.05) is 39.1 Å². The summed E-state index contributed by atoms with van der Waals surface area (Å²) in [5.74, 6) is -0.494. The summed E-state index contributed by atoms with van der Waals surface area (Å²) in [6.45, 7) is 6.88. The molecule has 30 heavy (non-hydrogen) atoms. The van der Waals surface area contributed by atoms with Crippen LogP contribution in [0.5, 0.6) is 0 Å². The summed E-state index contributed by atoms with van der Waals surface area (Å²) >= 11 is 0. The number of aromatic nitrogens is 1. The van der Waals surface area contributed by atoms with Gasteiger partial charge in [0.25, 0.3) is 0 Å². The zero-order chi connectivity index (χ0) is 21.5. The Kier molecular flexibility index (Phi) is 5.30. The minimum Gasteiger partial charge on any atom is -0.348 e. The molecule has 1 N–H and O–H groups in total. The van der Waals surface area contributed by atoms with E-state index in [4.69, 9.17) is 0 Å². The quantitative estimate of drug-likeness (QED) is 0.835. The number of hydrogen-bond acceptors (Lipinski definition) is 2. The second-order valence-corrected chi connectivity index (χ2v) is 9.18. The first-order valence-corrected chi connectivity index (χ1v) is 10.5. The highest BCUT2D eigenvalue weighted by atomic mass is 19.1. The van der Waals surface area contributed by atoms with Gasteiger partial charge in [0.05, 0.1) is 0 Å². The molecule has 2 heterocycles. The number of nitrogens with one attached hydrogen (secondary N) is 1. The van der Waals surface area contributed by atoms with Crippen molar-refractivity contribution in [1.29, 1.82) is 0 Å². The van der Waals surface area contributed by atoms with Gasteiger partial charge >= 0.3 is 6.03 Å². The highest BCUT2D eigenvalue weighted by Crippen LogP contribution is 2.34. The number of halogens is 1. The minimum absolute atomic E-state index is 0.00174. The van der Waals surface area contributed by atoms with Crippen molar-refractivity contribution in [2.24, 2.45) is 0 Å². The molecule has 0 unspecified atom stereocenters. The van der Waals surface area contributed by atoms with Crippen LogP contribution in [-0.4, -0.2) is 51.0 Å². The summed E-state index contributed by atoms with van der Waals surface area (Å²) in [7, 11) is 0. The fraction of sp³-hybridized carbons (Fsp3) is 0.478. The number of hydrogen-bond donors (Lipinski definition) is 1. The van der Waals surface area contributed by atoms with E-state index in [1.54, 1.807) is 28.0 Å². The number of rotatable bonds is 4. The zero-order valence-electron chi connectivity index (χ0n) is 17.8. The number of carbonyl (C=O) groups excluding carboxylic acids is 2. The molecular formula is C23H29FN4O2. The van der Waals surface area contributed by atoms with Crippen molar-refractivity contribution < 1.29 is 14.0 Å². The Labute approximate surface area is 176 Å². The predicted molar refractivity (Wildman–Crippen MR) is 112 cm³/mol. The Morgan fingerprint density at radius 1 is 1.13 bits per heavy atom. The fourth-order valence-corrected chi connectivity index (χ4v) is 4.06. The van der Waals surface area contributed by atoms with Gasteiger partial charge in [-0.3, -0.25) is 4.79 Å². The van der Waals surface area contributed by atoms with Crippen molar-refractivity contribution in [2.75, 3.05) is 13.1 Å². The van der Waals surface area contributed by atoms with E-state index < -0.39 is 6.04 Å². The van der Waals surface area contributed by atoms with E-state index in [9.17, 15) is 14.0 Å². The molecule has 160 valence electrons. The van der Waals surface area contributed by atoms with Crippen LogP contribution in [0.1, 0.15) is 50.9 Å². The van der Waals surface area contributed by atoms with Crippen LogP contribution >= 0.6 is 0 Å². The molecule has 1 atom stereocenters. The second-order valence-electron chi connectivity index (χ2n) is 9.18. The van der Waals surface area contributed by atoms with Gasteiger partial charge in [-0.15, -0.1) is 0 Å². The lowest BCUT2D eigenvalue weighted by atomic mass is 9.99. The molecule has 0 saturated heterocycles. The molecule has 1 aromatic carbocycles. The van der Waals surface area contributed by atoms with Gasteiger partial charge in [-0.2, -0.15) is 0 Å². The summed E-state index contributed by atoms with van der Waals surface area (Å²) in [5, 5.41) is 2.96. The standard InChI is InChI=1S/C23H29FN4O2/c1-23(2,3)25-22(30)28(16-10-11-16)15-20(29)27-14-13-26-12-6-9-19(26)21(27)17-7-4-5-8-18(17)24/h4-9,12,16,21H,10-11,13-15H2,1-3H3,(H,25,30)/t21-/m1/s1. The molecule has 3 amide bonds. The number of urea groups is 1. The van der Waals surface area contributed by atoms with Crippen LogP contribution in [0.25, 0.3) is 0 Å². The molecule has 6 nitrogen and oxygen atoms in total. The Morgan fingerprint density at radius 2 is 1.87 bits per heavy atom. The number of nitrogens with zero attached hydrogens (tertiary/aromatic N) is 3. The Morgan fingerprint density at radius 3 is 2.53 bits per heavy atom. The smallest absolute Gasteiger partial charge is 0.318 e. The van der Waals surface area contributed by atoms with E-state index in [0.717, 1.165) is 18.5 Å². The van der Waals surface area contributed by atoms with Crippen molar-refractivity contribution in [1.82, 2.24) is 19.7 Å². The van der Waals surface area contributed by atoms with Gasteiger partial charge in [0.15, 0.2) is 0 Å². The van der Waals surface area contributed by atoms with Gasteiger partial charge in [-0.05, 0) is 51.8 Å². The minimum atomic E-state index is -0.505. The molecule has 1 aliphatic heterocycles. The van der Waals surface area contributed by atoms with Crippen LogP contribution in [0.4, 0.5) is 9.18 Å². The van der Waals surface area contributed by atoms with Crippen LogP contribution in [0.2, 0.25) is 0 Å². The molecule has 2 aromatic rings. The van der Waals surface area contributed by atoms with Crippen molar-refractivity contribution in [2.45, 2.75) is 57.8 Å². The predicted octanol–water partition coefficient (Wildman–Crippen LogP) is 3.53. The summed E-state index contributed by atoms with van der Waals surface area (Å²) in [6.07, 6.45) is 3.77. The largest absolute Gasteiger partial charge is 0.348 e. The first-order chi connectivity index (χ1) is 14.2. The van der Waals surface area contributed by atoms with E-state index in [1.165, 1.54) is 6.07 Å². The molecule has 0 spiro atoms. The maximum Gasteiger partial charge on any atom is 0.318 e. The molecule has 2 aliphatic rings. The van der Waals surface area contributed by atoms with Gasteiger partial charge in [0, 0.05) is 42.1 Å². The van der Waals surface area contributed by atoms with Crippen LogP contribution < -0.4 is 5.32 Å². The molecule has 7 heteroatoms. The lowest BCUT2D eigenvalue weighted by molar-refractivity contribution is -0.134. The van der Waals surface area contributed by atoms with Crippen LogP contribution in [0, 0.1) is 5.82 Å². The monoisotopic (exact) mass is 412 g/mol. The molecule has 0 bridgehead atoms. The lowest BCUT2D eigenvalue weighted by Crippen LogP contribution is -2.53. The fourth-order valence-electron chi connectivity index (χ4n) is 4.06. The van der Waals surface area contributed by atoms with Crippen molar-refractivity contribution in [3.8, 4) is 0 Å². The van der Waals surface area contributed by atoms with Crippen LogP contribution in [0.3, 0.4) is 0 Å².